The SMILES string of the molecule is O=C(O)CSc1nnc(NC(=O)c2ccc(I)c(O)c2)s1. The van der Waals surface area contributed by atoms with Crippen molar-refractivity contribution in [3.05, 3.63) is 27.3 Å². The standard InChI is InChI=1S/C11H8IN3O4S2/c12-6-2-1-5(3-7(6)16)9(19)13-10-14-15-11(21-10)20-4-8(17)18/h1-3,16H,4H2,(H,17,18)(H,13,14,19). The van der Waals surface area contributed by atoms with Gasteiger partial charge in [0, 0.05) is 5.56 Å². The van der Waals surface area contributed by atoms with Crippen molar-refractivity contribution in [1.29, 1.82) is 0 Å². The third-order valence-corrected chi connectivity index (χ3v) is 5.02. The average molecular weight is 437 g/mol. The predicted molar refractivity (Wildman–Crippen MR) is 87.0 cm³/mol. The Hall–Kier alpha value is -1.40. The first-order chi connectivity index (χ1) is 9.95. The van der Waals surface area contributed by atoms with E-state index in [0.29, 0.717) is 13.5 Å². The van der Waals surface area contributed by atoms with Gasteiger partial charge in [-0.05, 0) is 40.8 Å². The van der Waals surface area contributed by atoms with Gasteiger partial charge in [-0.3, -0.25) is 14.9 Å². The van der Waals surface area contributed by atoms with Crippen molar-refractivity contribution in [3.63, 3.8) is 0 Å². The Morgan fingerprint density at radius 2 is 2.14 bits per heavy atom. The molecule has 21 heavy (non-hydrogen) atoms. The molecule has 1 aromatic heterocycles. The second-order valence-electron chi connectivity index (χ2n) is 3.68. The summed E-state index contributed by atoms with van der Waals surface area (Å²) >= 11 is 4.07. The molecule has 2 rings (SSSR count). The number of anilines is 1. The quantitative estimate of drug-likeness (QED) is 0.374. The second kappa shape index (κ2) is 7.04. The number of carbonyl (C=O) groups is 2. The molecule has 0 aliphatic rings. The van der Waals surface area contributed by atoms with E-state index in [1.165, 1.54) is 6.07 Å². The highest BCUT2D eigenvalue weighted by molar-refractivity contribution is 14.1. The minimum Gasteiger partial charge on any atom is -0.507 e. The lowest BCUT2D eigenvalue weighted by Crippen LogP contribution is -2.11. The normalized spacial score (nSPS) is 10.3. The first-order valence-electron chi connectivity index (χ1n) is 5.43. The Morgan fingerprint density at radius 3 is 2.81 bits per heavy atom. The summed E-state index contributed by atoms with van der Waals surface area (Å²) < 4.78 is 1.10. The van der Waals surface area contributed by atoms with Gasteiger partial charge < -0.3 is 10.2 Å². The average Bonchev–Trinajstić information content (AvgIpc) is 2.87. The van der Waals surface area contributed by atoms with E-state index in [1.54, 1.807) is 12.1 Å². The molecular formula is C11H8IN3O4S2. The number of rotatable bonds is 5. The number of amides is 1. The largest absolute Gasteiger partial charge is 0.507 e. The van der Waals surface area contributed by atoms with Crippen LogP contribution in [0.25, 0.3) is 0 Å². The highest BCUT2D eigenvalue weighted by Gasteiger charge is 2.12. The molecule has 0 fully saturated rings. The van der Waals surface area contributed by atoms with Gasteiger partial charge in [-0.2, -0.15) is 0 Å². The molecule has 10 heteroatoms. The number of aliphatic carboxylic acids is 1. The number of carboxylic acid groups (broad SMARTS) is 1. The van der Waals surface area contributed by atoms with Gasteiger partial charge in [-0.1, -0.05) is 23.1 Å². The first kappa shape index (κ1) is 16.0. The third-order valence-electron chi connectivity index (χ3n) is 2.15. The van der Waals surface area contributed by atoms with E-state index in [0.717, 1.165) is 23.1 Å². The molecule has 0 saturated carbocycles. The Kier molecular flexibility index (Phi) is 5.36. The molecule has 2 aromatic rings. The van der Waals surface area contributed by atoms with Crippen LogP contribution in [0.5, 0.6) is 5.75 Å². The third kappa shape index (κ3) is 4.54. The predicted octanol–water partition coefficient (Wildman–Crippen LogP) is 2.28. The lowest BCUT2D eigenvalue weighted by molar-refractivity contribution is -0.133. The zero-order chi connectivity index (χ0) is 15.4. The van der Waals surface area contributed by atoms with Crippen LogP contribution in [-0.2, 0) is 4.79 Å². The van der Waals surface area contributed by atoms with Crippen LogP contribution in [0.15, 0.2) is 22.5 Å². The summed E-state index contributed by atoms with van der Waals surface area (Å²) in [6.45, 7) is 0. The highest BCUT2D eigenvalue weighted by atomic mass is 127. The number of carbonyl (C=O) groups excluding carboxylic acids is 1. The van der Waals surface area contributed by atoms with Crippen molar-refractivity contribution in [2.24, 2.45) is 0 Å². The van der Waals surface area contributed by atoms with Crippen LogP contribution >= 0.6 is 45.7 Å². The zero-order valence-corrected chi connectivity index (χ0v) is 14.0. The van der Waals surface area contributed by atoms with Crippen molar-refractivity contribution < 1.29 is 19.8 Å². The zero-order valence-electron chi connectivity index (χ0n) is 10.2. The molecule has 1 aromatic carbocycles. The van der Waals surface area contributed by atoms with Crippen LogP contribution < -0.4 is 5.32 Å². The summed E-state index contributed by atoms with van der Waals surface area (Å²) in [6.07, 6.45) is 0. The number of aromatic nitrogens is 2. The van der Waals surface area contributed by atoms with Gasteiger partial charge in [0.05, 0.1) is 9.32 Å². The van der Waals surface area contributed by atoms with Crippen LogP contribution in [0.4, 0.5) is 5.13 Å². The van der Waals surface area contributed by atoms with Gasteiger partial charge in [-0.15, -0.1) is 10.2 Å². The van der Waals surface area contributed by atoms with E-state index in [-0.39, 0.29) is 16.6 Å². The maximum atomic E-state index is 12.0. The number of aromatic hydroxyl groups is 1. The summed E-state index contributed by atoms with van der Waals surface area (Å²) in [7, 11) is 0. The monoisotopic (exact) mass is 437 g/mol. The van der Waals surface area contributed by atoms with Crippen molar-refractivity contribution in [3.8, 4) is 5.75 Å². The number of phenols is 1. The molecule has 0 aliphatic carbocycles. The molecule has 7 nitrogen and oxygen atoms in total. The topological polar surface area (TPSA) is 112 Å². The molecular weight excluding hydrogens is 429 g/mol. The van der Waals surface area contributed by atoms with Gasteiger partial charge in [0.1, 0.15) is 5.75 Å². The number of hydrogen-bond donors (Lipinski definition) is 3. The minimum atomic E-state index is -0.949. The van der Waals surface area contributed by atoms with Gasteiger partial charge in [0.25, 0.3) is 5.91 Å². The molecule has 0 atom stereocenters. The fraction of sp³-hybridized carbons (Fsp3) is 0.0909. The number of hydrogen-bond acceptors (Lipinski definition) is 7. The molecule has 0 spiro atoms. The molecule has 3 N–H and O–H groups in total. The first-order valence-corrected chi connectivity index (χ1v) is 8.32. The van der Waals surface area contributed by atoms with Crippen LogP contribution in [0, 0.1) is 3.57 Å². The van der Waals surface area contributed by atoms with Crippen LogP contribution in [0.1, 0.15) is 10.4 Å². The number of nitrogens with zero attached hydrogens (tertiary/aromatic N) is 2. The number of nitrogens with one attached hydrogen (secondary N) is 1. The lowest BCUT2D eigenvalue weighted by Gasteiger charge is -2.02. The molecule has 0 radical (unpaired) electrons. The van der Waals surface area contributed by atoms with Crippen LogP contribution in [-0.4, -0.2) is 38.0 Å². The van der Waals surface area contributed by atoms with E-state index < -0.39 is 11.9 Å². The number of thioether (sulfide) groups is 1. The molecule has 110 valence electrons. The molecule has 0 aliphatic heterocycles. The van der Waals surface area contributed by atoms with E-state index in [2.05, 4.69) is 15.5 Å². The van der Waals surface area contributed by atoms with E-state index >= 15 is 0 Å². The molecule has 0 bridgehead atoms. The Balaban J connectivity index is 2.02. The minimum absolute atomic E-state index is 0.0261. The van der Waals surface area contributed by atoms with Crippen LogP contribution in [0.2, 0.25) is 0 Å². The fourth-order valence-corrected chi connectivity index (χ4v) is 3.07. The molecule has 1 heterocycles. The van der Waals surface area contributed by atoms with Crippen molar-refractivity contribution in [2.45, 2.75) is 4.34 Å². The summed E-state index contributed by atoms with van der Waals surface area (Å²) in [4.78, 5) is 22.4. The van der Waals surface area contributed by atoms with E-state index in [9.17, 15) is 14.7 Å². The number of halogens is 1. The Morgan fingerprint density at radius 1 is 1.38 bits per heavy atom. The van der Waals surface area contributed by atoms with Gasteiger partial charge in [0.2, 0.25) is 5.13 Å². The maximum Gasteiger partial charge on any atom is 0.313 e. The molecule has 1 amide bonds. The summed E-state index contributed by atoms with van der Waals surface area (Å²) in [5.74, 6) is -1.46. The Labute approximate surface area is 140 Å². The summed E-state index contributed by atoms with van der Waals surface area (Å²) in [5, 5.41) is 28.5. The number of carboxylic acids is 1. The highest BCUT2D eigenvalue weighted by Crippen LogP contribution is 2.26. The van der Waals surface area contributed by atoms with Gasteiger partial charge in [0.15, 0.2) is 4.34 Å². The maximum absolute atomic E-state index is 12.0. The van der Waals surface area contributed by atoms with E-state index in [1.807, 2.05) is 22.6 Å². The smallest absolute Gasteiger partial charge is 0.313 e. The Bertz CT molecular complexity index is 692. The van der Waals surface area contributed by atoms with Gasteiger partial charge >= 0.3 is 5.97 Å². The van der Waals surface area contributed by atoms with Crippen molar-refractivity contribution in [1.82, 2.24) is 10.2 Å². The van der Waals surface area contributed by atoms with E-state index in [4.69, 9.17) is 5.11 Å². The van der Waals surface area contributed by atoms with Crippen LogP contribution in [0.3, 0.4) is 0 Å². The van der Waals surface area contributed by atoms with Crippen molar-refractivity contribution in [2.75, 3.05) is 11.1 Å². The molecule has 0 unspecified atom stereocenters. The fourth-order valence-electron chi connectivity index (χ4n) is 1.27. The number of phenolic OH excluding ortho intramolecular Hbond substituents is 1. The summed E-state index contributed by atoms with van der Waals surface area (Å²) in [6, 6.07) is 4.56. The number of benzene rings is 1. The molecule has 0 saturated heterocycles. The summed E-state index contributed by atoms with van der Waals surface area (Å²) in [5.41, 5.74) is 0.294. The van der Waals surface area contributed by atoms with Crippen molar-refractivity contribution >= 4 is 62.7 Å². The lowest BCUT2D eigenvalue weighted by atomic mass is 10.2. The second-order valence-corrected chi connectivity index (χ2v) is 7.04. The van der Waals surface area contributed by atoms with Gasteiger partial charge in [-0.25, -0.2) is 0 Å².